The highest BCUT2D eigenvalue weighted by Gasteiger charge is 2.13. The fourth-order valence-corrected chi connectivity index (χ4v) is 1.62. The third-order valence-corrected chi connectivity index (χ3v) is 2.36. The molecule has 0 N–H and O–H groups in total. The first kappa shape index (κ1) is 9.47. The van der Waals surface area contributed by atoms with Crippen molar-refractivity contribution in [1.82, 2.24) is 0 Å². The molecule has 0 fully saturated rings. The van der Waals surface area contributed by atoms with Gasteiger partial charge in [-0.15, -0.1) is 0 Å². The maximum Gasteiger partial charge on any atom is 0.123 e. The lowest BCUT2D eigenvalue weighted by Crippen LogP contribution is -2.09. The van der Waals surface area contributed by atoms with E-state index in [-0.39, 0.29) is 0 Å². The zero-order valence-corrected chi connectivity index (χ0v) is 8.49. The number of rotatable bonds is 3. The Morgan fingerprint density at radius 3 is 2.93 bits per heavy atom. The minimum Gasteiger partial charge on any atom is -0.367 e. The van der Waals surface area contributed by atoms with Crippen molar-refractivity contribution in [3.63, 3.8) is 0 Å². The first-order chi connectivity index (χ1) is 6.90. The Balaban J connectivity index is 2.06. The summed E-state index contributed by atoms with van der Waals surface area (Å²) in [5, 5.41) is 0. The van der Waals surface area contributed by atoms with E-state index in [2.05, 4.69) is 43.3 Å². The van der Waals surface area contributed by atoms with Gasteiger partial charge in [0, 0.05) is 13.0 Å². The molecule has 0 saturated heterocycles. The first-order valence-electron chi connectivity index (χ1n) is 5.15. The molecule has 0 unspecified atom stereocenters. The van der Waals surface area contributed by atoms with Crippen molar-refractivity contribution in [2.75, 3.05) is 6.61 Å². The van der Waals surface area contributed by atoms with Crippen molar-refractivity contribution in [2.24, 2.45) is 0 Å². The molecule has 1 aliphatic rings. The second-order valence-electron chi connectivity index (χ2n) is 3.52. The van der Waals surface area contributed by atoms with Gasteiger partial charge >= 0.3 is 0 Å². The van der Waals surface area contributed by atoms with Crippen LogP contribution in [0.25, 0.3) is 6.08 Å². The number of ether oxygens (including phenoxy) is 1. The smallest absolute Gasteiger partial charge is 0.123 e. The Morgan fingerprint density at radius 2 is 2.07 bits per heavy atom. The third kappa shape index (κ3) is 2.05. The van der Waals surface area contributed by atoms with Crippen LogP contribution in [0.5, 0.6) is 0 Å². The van der Waals surface area contributed by atoms with E-state index < -0.39 is 0 Å². The van der Waals surface area contributed by atoms with Crippen LogP contribution >= 0.6 is 0 Å². The van der Waals surface area contributed by atoms with Crippen molar-refractivity contribution in [3.05, 3.63) is 47.6 Å². The lowest BCUT2D eigenvalue weighted by molar-refractivity contribution is 0.161. The van der Waals surface area contributed by atoms with Crippen molar-refractivity contribution in [2.45, 2.75) is 19.8 Å². The predicted molar refractivity (Wildman–Crippen MR) is 58.7 cm³/mol. The molecule has 0 heterocycles. The lowest BCUT2D eigenvalue weighted by Gasteiger charge is -2.18. The minimum atomic E-state index is 0.821. The fourth-order valence-electron chi connectivity index (χ4n) is 1.62. The summed E-state index contributed by atoms with van der Waals surface area (Å²) in [6.45, 7) is 2.95. The van der Waals surface area contributed by atoms with Gasteiger partial charge in [0.1, 0.15) is 6.10 Å². The highest BCUT2D eigenvalue weighted by molar-refractivity contribution is 5.59. The molecule has 0 saturated carbocycles. The average Bonchev–Trinajstić information content (AvgIpc) is 2.26. The summed E-state index contributed by atoms with van der Waals surface area (Å²) in [5.74, 6) is 0. The topological polar surface area (TPSA) is 9.23 Å². The molecule has 0 aromatic heterocycles. The Morgan fingerprint density at radius 1 is 1.21 bits per heavy atom. The molecule has 2 rings (SSSR count). The molecule has 1 aromatic rings. The standard InChI is InChI=1S/C13H15O/c1-2-9-14-13-8-7-11-5-3-4-6-12(11)10-13/h3-8H,2,9-10H2,1H3. The maximum atomic E-state index is 5.62. The fraction of sp³-hybridized carbons (Fsp3) is 0.308. The van der Waals surface area contributed by atoms with Gasteiger partial charge in [-0.25, -0.2) is 0 Å². The van der Waals surface area contributed by atoms with E-state index in [1.54, 1.807) is 0 Å². The SMILES string of the molecule is CCCO[C]1C=Cc2ccccc2C1. The highest BCUT2D eigenvalue weighted by atomic mass is 16.5. The van der Waals surface area contributed by atoms with Gasteiger partial charge in [0.05, 0.1) is 0 Å². The molecule has 1 nitrogen and oxygen atoms in total. The summed E-state index contributed by atoms with van der Waals surface area (Å²) in [7, 11) is 0. The molecular weight excluding hydrogens is 172 g/mol. The molecule has 1 aromatic carbocycles. The lowest BCUT2D eigenvalue weighted by atomic mass is 9.96. The molecule has 0 bridgehead atoms. The van der Waals surface area contributed by atoms with Crippen LogP contribution in [0.15, 0.2) is 30.3 Å². The summed E-state index contributed by atoms with van der Waals surface area (Å²) in [4.78, 5) is 0. The number of benzene rings is 1. The Hall–Kier alpha value is -1.08. The molecule has 1 heteroatoms. The summed E-state index contributed by atoms with van der Waals surface area (Å²) in [6, 6.07) is 8.45. The number of hydrogen-bond acceptors (Lipinski definition) is 1. The van der Waals surface area contributed by atoms with Gasteiger partial charge in [-0.3, -0.25) is 0 Å². The van der Waals surface area contributed by atoms with Gasteiger partial charge < -0.3 is 4.74 Å². The van der Waals surface area contributed by atoms with E-state index in [9.17, 15) is 0 Å². The Labute approximate surface area is 85.4 Å². The third-order valence-electron chi connectivity index (χ3n) is 2.36. The van der Waals surface area contributed by atoms with Crippen molar-refractivity contribution in [1.29, 1.82) is 0 Å². The summed E-state index contributed by atoms with van der Waals surface area (Å²) >= 11 is 0. The highest BCUT2D eigenvalue weighted by Crippen LogP contribution is 2.24. The molecule has 73 valence electrons. The Kier molecular flexibility index (Phi) is 3.00. The van der Waals surface area contributed by atoms with Crippen LogP contribution in [-0.4, -0.2) is 6.61 Å². The van der Waals surface area contributed by atoms with Gasteiger partial charge in [-0.05, 0) is 23.6 Å². The first-order valence-corrected chi connectivity index (χ1v) is 5.15. The molecule has 0 atom stereocenters. The minimum absolute atomic E-state index is 0.821. The van der Waals surface area contributed by atoms with E-state index in [0.29, 0.717) is 0 Å². The molecule has 0 spiro atoms. The van der Waals surface area contributed by atoms with Crippen LogP contribution in [0.4, 0.5) is 0 Å². The average molecular weight is 187 g/mol. The zero-order valence-electron chi connectivity index (χ0n) is 8.49. The normalized spacial score (nSPS) is 15.5. The molecule has 1 radical (unpaired) electrons. The number of hydrogen-bond donors (Lipinski definition) is 0. The van der Waals surface area contributed by atoms with E-state index in [0.717, 1.165) is 25.6 Å². The molecule has 0 aliphatic heterocycles. The summed E-state index contributed by atoms with van der Waals surface area (Å²) < 4.78 is 5.62. The molecule has 14 heavy (non-hydrogen) atoms. The summed E-state index contributed by atoms with van der Waals surface area (Å²) in [5.41, 5.74) is 2.68. The zero-order chi connectivity index (χ0) is 9.80. The van der Waals surface area contributed by atoms with Gasteiger partial charge in [-0.2, -0.15) is 0 Å². The van der Waals surface area contributed by atoms with E-state index in [4.69, 9.17) is 4.74 Å². The maximum absolute atomic E-state index is 5.62. The summed E-state index contributed by atoms with van der Waals surface area (Å²) in [6.07, 6.45) is 7.30. The van der Waals surface area contributed by atoms with Crippen LogP contribution < -0.4 is 0 Å². The largest absolute Gasteiger partial charge is 0.367 e. The van der Waals surface area contributed by atoms with E-state index >= 15 is 0 Å². The monoisotopic (exact) mass is 187 g/mol. The van der Waals surface area contributed by atoms with Gasteiger partial charge in [0.2, 0.25) is 0 Å². The number of fused-ring (bicyclic) bond motifs is 1. The van der Waals surface area contributed by atoms with E-state index in [1.807, 2.05) is 0 Å². The molecule has 1 aliphatic carbocycles. The quantitative estimate of drug-likeness (QED) is 0.706. The van der Waals surface area contributed by atoms with Crippen LogP contribution in [0, 0.1) is 6.10 Å². The van der Waals surface area contributed by atoms with Crippen molar-refractivity contribution in [3.8, 4) is 0 Å². The van der Waals surface area contributed by atoms with Crippen molar-refractivity contribution < 1.29 is 4.74 Å². The molecular formula is C13H15O. The van der Waals surface area contributed by atoms with E-state index in [1.165, 1.54) is 11.1 Å². The van der Waals surface area contributed by atoms with Crippen LogP contribution in [-0.2, 0) is 11.2 Å². The Bertz CT molecular complexity index is 328. The van der Waals surface area contributed by atoms with Crippen LogP contribution in [0.3, 0.4) is 0 Å². The van der Waals surface area contributed by atoms with Crippen LogP contribution in [0.2, 0.25) is 0 Å². The van der Waals surface area contributed by atoms with Crippen LogP contribution in [0.1, 0.15) is 24.5 Å². The van der Waals surface area contributed by atoms with Gasteiger partial charge in [0.25, 0.3) is 0 Å². The van der Waals surface area contributed by atoms with Crippen molar-refractivity contribution >= 4 is 6.08 Å². The van der Waals surface area contributed by atoms with Gasteiger partial charge in [0.15, 0.2) is 0 Å². The molecule has 0 amide bonds. The van der Waals surface area contributed by atoms with Gasteiger partial charge in [-0.1, -0.05) is 37.3 Å². The second kappa shape index (κ2) is 4.43. The predicted octanol–water partition coefficient (Wildman–Crippen LogP) is 3.21. The second-order valence-corrected chi connectivity index (χ2v) is 3.52.